The minimum absolute atomic E-state index is 0.245. The highest BCUT2D eigenvalue weighted by Gasteiger charge is 2.22. The van der Waals surface area contributed by atoms with Gasteiger partial charge in [-0.2, -0.15) is 4.80 Å². The van der Waals surface area contributed by atoms with Crippen molar-refractivity contribution < 1.29 is 9.47 Å². The first-order valence-electron chi connectivity index (χ1n) is 6.09. The summed E-state index contributed by atoms with van der Waals surface area (Å²) in [4.78, 5) is 1.41. The fourth-order valence-electron chi connectivity index (χ4n) is 2.06. The van der Waals surface area contributed by atoms with E-state index in [4.69, 9.17) is 15.3 Å². The fourth-order valence-corrected chi connectivity index (χ4v) is 2.06. The number of aromatic nitrogens is 4. The van der Waals surface area contributed by atoms with Crippen LogP contribution in [0.25, 0.3) is 0 Å². The molecule has 3 N–H and O–H groups in total. The Morgan fingerprint density at radius 2 is 1.95 bits per heavy atom. The topological polar surface area (TPSA) is 100 Å². The molecule has 1 heterocycles. The number of tetrazole rings is 1. The Bertz CT molecular complexity index is 549. The molecule has 108 valence electrons. The van der Waals surface area contributed by atoms with Gasteiger partial charge in [0.15, 0.2) is 5.82 Å². The van der Waals surface area contributed by atoms with Crippen LogP contribution >= 0.6 is 0 Å². The highest BCUT2D eigenvalue weighted by molar-refractivity contribution is 5.47. The molecule has 1 atom stereocenters. The quantitative estimate of drug-likeness (QED) is 0.565. The summed E-state index contributed by atoms with van der Waals surface area (Å²) in [5.74, 6) is 7.63. The van der Waals surface area contributed by atoms with Gasteiger partial charge in [-0.1, -0.05) is 6.07 Å². The van der Waals surface area contributed by atoms with Gasteiger partial charge in [0.25, 0.3) is 0 Å². The first-order chi connectivity index (χ1) is 9.69. The third-order valence-electron chi connectivity index (χ3n) is 2.95. The maximum atomic E-state index is 5.66. The Morgan fingerprint density at radius 1 is 1.30 bits per heavy atom. The molecule has 1 aromatic heterocycles. The molecule has 0 bridgehead atoms. The molecule has 0 fully saturated rings. The van der Waals surface area contributed by atoms with Crippen LogP contribution < -0.4 is 20.7 Å². The summed E-state index contributed by atoms with van der Waals surface area (Å²) in [5, 5.41) is 11.9. The molecule has 0 amide bonds. The minimum Gasteiger partial charge on any atom is -0.496 e. The molecule has 0 radical (unpaired) electrons. The molecule has 20 heavy (non-hydrogen) atoms. The van der Waals surface area contributed by atoms with Gasteiger partial charge in [-0.25, -0.2) is 0 Å². The number of hydrogen-bond acceptors (Lipinski definition) is 7. The van der Waals surface area contributed by atoms with E-state index >= 15 is 0 Å². The molecule has 0 aliphatic carbocycles. The van der Waals surface area contributed by atoms with Gasteiger partial charge in [-0.3, -0.25) is 11.3 Å². The van der Waals surface area contributed by atoms with E-state index in [1.54, 1.807) is 21.3 Å². The molecule has 0 saturated carbocycles. The number of hydrogen-bond donors (Lipinski definition) is 2. The van der Waals surface area contributed by atoms with Crippen molar-refractivity contribution in [2.24, 2.45) is 12.9 Å². The average molecular weight is 278 g/mol. The van der Waals surface area contributed by atoms with Crippen molar-refractivity contribution in [3.63, 3.8) is 0 Å². The van der Waals surface area contributed by atoms with Crippen LogP contribution in [0.2, 0.25) is 0 Å². The molecule has 0 spiro atoms. The summed E-state index contributed by atoms with van der Waals surface area (Å²) >= 11 is 0. The first kappa shape index (κ1) is 14.2. The van der Waals surface area contributed by atoms with Crippen molar-refractivity contribution >= 4 is 0 Å². The maximum Gasteiger partial charge on any atom is 0.176 e. The third kappa shape index (κ3) is 2.86. The molecular formula is C12H18N6O2. The summed E-state index contributed by atoms with van der Waals surface area (Å²) in [6.45, 7) is 0. The van der Waals surface area contributed by atoms with Crippen LogP contribution in [-0.2, 0) is 13.5 Å². The molecular weight excluding hydrogens is 260 g/mol. The lowest BCUT2D eigenvalue weighted by Gasteiger charge is -2.20. The second-order valence-electron chi connectivity index (χ2n) is 4.19. The van der Waals surface area contributed by atoms with Gasteiger partial charge in [0.05, 0.1) is 32.9 Å². The molecule has 2 aromatic rings. The van der Waals surface area contributed by atoms with E-state index in [9.17, 15) is 0 Å². The van der Waals surface area contributed by atoms with E-state index in [-0.39, 0.29) is 6.04 Å². The highest BCUT2D eigenvalue weighted by atomic mass is 16.5. The average Bonchev–Trinajstić information content (AvgIpc) is 2.89. The van der Waals surface area contributed by atoms with E-state index < -0.39 is 0 Å². The summed E-state index contributed by atoms with van der Waals surface area (Å²) in [6.07, 6.45) is 0.473. The lowest BCUT2D eigenvalue weighted by molar-refractivity contribution is 0.369. The minimum atomic E-state index is -0.245. The standard InChI is InChI=1S/C12H18N6O2/c1-18-16-11(15-17-18)7-8(14-13)12-9(19-2)5-4-6-10(12)20-3/h4-6,8,14H,7,13H2,1-3H3. The number of benzene rings is 1. The van der Waals surface area contributed by atoms with Crippen molar-refractivity contribution in [3.05, 3.63) is 29.6 Å². The van der Waals surface area contributed by atoms with Crippen LogP contribution in [0.5, 0.6) is 11.5 Å². The monoisotopic (exact) mass is 278 g/mol. The van der Waals surface area contributed by atoms with E-state index in [0.29, 0.717) is 23.7 Å². The smallest absolute Gasteiger partial charge is 0.176 e. The molecule has 0 saturated heterocycles. The Hall–Kier alpha value is -2.19. The number of hydrazine groups is 1. The molecule has 2 rings (SSSR count). The van der Waals surface area contributed by atoms with Gasteiger partial charge in [0.2, 0.25) is 0 Å². The van der Waals surface area contributed by atoms with Gasteiger partial charge in [0.1, 0.15) is 11.5 Å². The van der Waals surface area contributed by atoms with E-state index in [0.717, 1.165) is 5.56 Å². The number of aryl methyl sites for hydroxylation is 1. The fraction of sp³-hybridized carbons (Fsp3) is 0.417. The van der Waals surface area contributed by atoms with Crippen LogP contribution in [0.1, 0.15) is 17.4 Å². The second-order valence-corrected chi connectivity index (χ2v) is 4.19. The molecule has 1 aromatic carbocycles. The Kier molecular flexibility index (Phi) is 4.49. The van der Waals surface area contributed by atoms with Crippen molar-refractivity contribution in [1.29, 1.82) is 0 Å². The molecule has 8 nitrogen and oxygen atoms in total. The SMILES string of the molecule is COc1cccc(OC)c1C(Cc1nnn(C)n1)NN. The zero-order chi connectivity index (χ0) is 14.5. The number of nitrogens with one attached hydrogen (secondary N) is 1. The summed E-state index contributed by atoms with van der Waals surface area (Å²) in [7, 11) is 4.92. The lowest BCUT2D eigenvalue weighted by Crippen LogP contribution is -2.30. The van der Waals surface area contributed by atoms with Crippen molar-refractivity contribution in [1.82, 2.24) is 25.6 Å². The van der Waals surface area contributed by atoms with E-state index in [1.807, 2.05) is 18.2 Å². The van der Waals surface area contributed by atoms with Crippen LogP contribution in [-0.4, -0.2) is 34.4 Å². The number of ether oxygens (including phenoxy) is 2. The van der Waals surface area contributed by atoms with Crippen molar-refractivity contribution in [2.75, 3.05) is 14.2 Å². The van der Waals surface area contributed by atoms with E-state index in [1.165, 1.54) is 4.80 Å². The first-order valence-corrected chi connectivity index (χ1v) is 6.09. The van der Waals surface area contributed by atoms with Gasteiger partial charge >= 0.3 is 0 Å². The molecule has 0 aliphatic rings. The Balaban J connectivity index is 2.35. The predicted octanol–water partition coefficient (Wildman–Crippen LogP) is -0.0256. The van der Waals surface area contributed by atoms with Crippen molar-refractivity contribution in [3.8, 4) is 11.5 Å². The normalized spacial score (nSPS) is 12.2. The molecule has 0 aliphatic heterocycles. The van der Waals surface area contributed by atoms with Gasteiger partial charge in [0, 0.05) is 6.42 Å². The Labute approximate surface area is 116 Å². The second kappa shape index (κ2) is 6.31. The van der Waals surface area contributed by atoms with Crippen molar-refractivity contribution in [2.45, 2.75) is 12.5 Å². The zero-order valence-electron chi connectivity index (χ0n) is 11.7. The maximum absolute atomic E-state index is 5.66. The third-order valence-corrected chi connectivity index (χ3v) is 2.95. The number of nitrogens with zero attached hydrogens (tertiary/aromatic N) is 4. The number of rotatable bonds is 6. The summed E-state index contributed by atoms with van der Waals surface area (Å²) in [6, 6.07) is 5.32. The molecule has 1 unspecified atom stereocenters. The van der Waals surface area contributed by atoms with Gasteiger partial charge in [-0.15, -0.1) is 10.2 Å². The van der Waals surface area contributed by atoms with Crippen LogP contribution in [0.3, 0.4) is 0 Å². The predicted molar refractivity (Wildman–Crippen MR) is 72.1 cm³/mol. The summed E-state index contributed by atoms with van der Waals surface area (Å²) < 4.78 is 10.8. The lowest BCUT2D eigenvalue weighted by atomic mass is 10.0. The van der Waals surface area contributed by atoms with E-state index in [2.05, 4.69) is 20.8 Å². The highest BCUT2D eigenvalue weighted by Crippen LogP contribution is 2.34. The largest absolute Gasteiger partial charge is 0.496 e. The van der Waals surface area contributed by atoms with Gasteiger partial charge in [-0.05, 0) is 17.3 Å². The van der Waals surface area contributed by atoms with Gasteiger partial charge < -0.3 is 9.47 Å². The Morgan fingerprint density at radius 3 is 2.40 bits per heavy atom. The number of nitrogens with two attached hydrogens (primary N) is 1. The van der Waals surface area contributed by atoms with Crippen LogP contribution in [0, 0.1) is 0 Å². The number of methoxy groups -OCH3 is 2. The summed E-state index contributed by atoms with van der Waals surface area (Å²) in [5.41, 5.74) is 3.57. The van der Waals surface area contributed by atoms with Crippen LogP contribution in [0.15, 0.2) is 18.2 Å². The van der Waals surface area contributed by atoms with Crippen LogP contribution in [0.4, 0.5) is 0 Å². The zero-order valence-corrected chi connectivity index (χ0v) is 11.7. The molecule has 8 heteroatoms.